The van der Waals surface area contributed by atoms with Crippen LogP contribution in [0.5, 0.6) is 0 Å². The van der Waals surface area contributed by atoms with Crippen LogP contribution in [0.25, 0.3) is 11.5 Å². The van der Waals surface area contributed by atoms with Gasteiger partial charge in [-0.2, -0.15) is 0 Å². The summed E-state index contributed by atoms with van der Waals surface area (Å²) in [5.74, 6) is 0.636. The molecular weight excluding hydrogens is 344 g/mol. The minimum absolute atomic E-state index is 0.0884. The van der Waals surface area contributed by atoms with Crippen molar-refractivity contribution in [1.29, 1.82) is 0 Å². The molecule has 6 heteroatoms. The lowest BCUT2D eigenvalue weighted by Crippen LogP contribution is -2.28. The number of oxazole rings is 1. The maximum absolute atomic E-state index is 12.2. The Hall–Kier alpha value is -2.47. The largest absolute Gasteiger partial charge is 0.441 e. The van der Waals surface area contributed by atoms with Gasteiger partial charge in [0.05, 0.1) is 24.6 Å². The van der Waals surface area contributed by atoms with Gasteiger partial charge >= 0.3 is 0 Å². The zero-order chi connectivity index (χ0) is 19.8. The minimum Gasteiger partial charge on any atom is -0.441 e. The molecule has 2 rings (SSSR count). The molecule has 1 aromatic heterocycles. The summed E-state index contributed by atoms with van der Waals surface area (Å²) in [5.41, 5.74) is 2.59. The van der Waals surface area contributed by atoms with Crippen LogP contribution in [0.15, 0.2) is 28.7 Å². The van der Waals surface area contributed by atoms with E-state index in [1.807, 2.05) is 45.0 Å². The van der Waals surface area contributed by atoms with Crippen LogP contribution in [0.4, 0.5) is 0 Å². The molecule has 6 nitrogen and oxygen atoms in total. The van der Waals surface area contributed by atoms with E-state index in [-0.39, 0.29) is 30.6 Å². The summed E-state index contributed by atoms with van der Waals surface area (Å²) in [6.07, 6.45) is 0.834. The molecule has 27 heavy (non-hydrogen) atoms. The minimum atomic E-state index is -0.274. The second kappa shape index (κ2) is 10.0. The Kier molecular flexibility index (Phi) is 7.73. The van der Waals surface area contributed by atoms with Crippen molar-refractivity contribution in [1.82, 2.24) is 10.3 Å². The Labute approximate surface area is 160 Å². The molecule has 2 aromatic rings. The smallest absolute Gasteiger partial charge is 0.227 e. The van der Waals surface area contributed by atoms with Gasteiger partial charge in [-0.1, -0.05) is 17.7 Å². The summed E-state index contributed by atoms with van der Waals surface area (Å²) >= 11 is 0. The van der Waals surface area contributed by atoms with Crippen LogP contribution in [0.2, 0.25) is 0 Å². The van der Waals surface area contributed by atoms with Crippen molar-refractivity contribution in [2.75, 3.05) is 13.2 Å². The van der Waals surface area contributed by atoms with E-state index in [0.717, 1.165) is 17.5 Å². The Morgan fingerprint density at radius 3 is 2.56 bits per heavy atom. The third-order valence-electron chi connectivity index (χ3n) is 4.01. The van der Waals surface area contributed by atoms with Gasteiger partial charge in [0, 0.05) is 18.7 Å². The Balaban J connectivity index is 1.81. The molecule has 0 fully saturated rings. The first-order chi connectivity index (χ1) is 12.8. The van der Waals surface area contributed by atoms with Gasteiger partial charge in [-0.25, -0.2) is 4.98 Å². The summed E-state index contributed by atoms with van der Waals surface area (Å²) in [7, 11) is 0. The number of ketones is 1. The number of Topliss-reactive ketones (excluding diaryl/α,β-unsaturated/α-hetero) is 1. The van der Waals surface area contributed by atoms with Crippen LogP contribution in [-0.2, 0) is 20.7 Å². The molecule has 146 valence electrons. The number of hydrogen-bond donors (Lipinski definition) is 1. The quantitative estimate of drug-likeness (QED) is 0.511. The number of nitrogens with one attached hydrogen (secondary N) is 1. The third-order valence-corrected chi connectivity index (χ3v) is 4.01. The molecule has 0 aliphatic carbocycles. The van der Waals surface area contributed by atoms with E-state index in [4.69, 9.17) is 9.15 Å². The van der Waals surface area contributed by atoms with Crippen LogP contribution >= 0.6 is 0 Å². The molecule has 0 spiro atoms. The topological polar surface area (TPSA) is 81.4 Å². The lowest BCUT2D eigenvalue weighted by molar-refractivity contribution is -0.127. The Morgan fingerprint density at radius 2 is 1.89 bits per heavy atom. The standard InChI is InChI=1S/C21H28N2O4/c1-14(2)26-11-5-10-22-20(25)13-18(24)12-19-16(4)27-21(23-19)17-8-6-15(3)7-9-17/h6-9,14H,5,10-13H2,1-4H3,(H,22,25). The van der Waals surface area contributed by atoms with Crippen LogP contribution in [0, 0.1) is 13.8 Å². The van der Waals surface area contributed by atoms with Crippen molar-refractivity contribution >= 4 is 11.7 Å². The molecule has 0 atom stereocenters. The van der Waals surface area contributed by atoms with E-state index < -0.39 is 0 Å². The first-order valence-corrected chi connectivity index (χ1v) is 9.28. The van der Waals surface area contributed by atoms with Crippen LogP contribution < -0.4 is 5.32 Å². The summed E-state index contributed by atoms with van der Waals surface area (Å²) in [5, 5.41) is 2.74. The second-order valence-electron chi connectivity index (χ2n) is 6.90. The number of hydrogen-bond acceptors (Lipinski definition) is 5. The number of aromatic nitrogens is 1. The molecule has 0 saturated carbocycles. The first-order valence-electron chi connectivity index (χ1n) is 9.28. The van der Waals surface area contributed by atoms with Crippen molar-refractivity contribution < 1.29 is 18.7 Å². The van der Waals surface area contributed by atoms with Gasteiger partial charge in [-0.15, -0.1) is 0 Å². The lowest BCUT2D eigenvalue weighted by atomic mass is 10.1. The molecule has 1 amide bonds. The van der Waals surface area contributed by atoms with Gasteiger partial charge in [0.1, 0.15) is 11.5 Å². The average molecular weight is 372 g/mol. The van der Waals surface area contributed by atoms with Gasteiger partial charge in [-0.3, -0.25) is 9.59 Å². The van der Waals surface area contributed by atoms with Crippen LogP contribution in [-0.4, -0.2) is 35.9 Å². The van der Waals surface area contributed by atoms with E-state index in [2.05, 4.69) is 10.3 Å². The molecule has 0 aliphatic rings. The number of nitrogens with zero attached hydrogens (tertiary/aromatic N) is 1. The van der Waals surface area contributed by atoms with Gasteiger partial charge < -0.3 is 14.5 Å². The number of rotatable bonds is 10. The van der Waals surface area contributed by atoms with Crippen LogP contribution in [0.1, 0.15) is 43.7 Å². The SMILES string of the molecule is Cc1ccc(-c2nc(CC(=O)CC(=O)NCCCOC(C)C)c(C)o2)cc1. The first kappa shape index (κ1) is 20.8. The number of ether oxygens (including phenoxy) is 1. The highest BCUT2D eigenvalue weighted by atomic mass is 16.5. The van der Waals surface area contributed by atoms with Crippen molar-refractivity contribution in [2.24, 2.45) is 0 Å². The highest BCUT2D eigenvalue weighted by molar-refractivity contribution is 5.98. The second-order valence-corrected chi connectivity index (χ2v) is 6.90. The Bertz CT molecular complexity index is 763. The predicted octanol–water partition coefficient (Wildman–Crippen LogP) is 3.39. The van der Waals surface area contributed by atoms with Crippen LogP contribution in [0.3, 0.4) is 0 Å². The molecule has 1 heterocycles. The number of aryl methyl sites for hydroxylation is 2. The van der Waals surface area contributed by atoms with E-state index in [9.17, 15) is 9.59 Å². The zero-order valence-electron chi connectivity index (χ0n) is 16.5. The highest BCUT2D eigenvalue weighted by Crippen LogP contribution is 2.22. The Morgan fingerprint density at radius 1 is 1.19 bits per heavy atom. The summed E-state index contributed by atoms with van der Waals surface area (Å²) in [4.78, 5) is 28.5. The maximum atomic E-state index is 12.2. The van der Waals surface area contributed by atoms with E-state index in [1.165, 1.54) is 0 Å². The van der Waals surface area contributed by atoms with Gasteiger partial charge in [0.2, 0.25) is 11.8 Å². The molecule has 0 aliphatic heterocycles. The fraction of sp³-hybridized carbons (Fsp3) is 0.476. The summed E-state index contributed by atoms with van der Waals surface area (Å²) in [6, 6.07) is 7.83. The van der Waals surface area contributed by atoms with E-state index in [1.54, 1.807) is 6.92 Å². The molecule has 0 unspecified atom stereocenters. The normalized spacial score (nSPS) is 11.0. The van der Waals surface area contributed by atoms with E-state index >= 15 is 0 Å². The summed E-state index contributed by atoms with van der Waals surface area (Å²) in [6.45, 7) is 8.81. The van der Waals surface area contributed by atoms with Crippen molar-refractivity contribution in [2.45, 2.75) is 53.1 Å². The monoisotopic (exact) mass is 372 g/mol. The molecule has 0 bridgehead atoms. The number of amides is 1. The molecular formula is C21H28N2O4. The fourth-order valence-electron chi connectivity index (χ4n) is 2.52. The van der Waals surface area contributed by atoms with Crippen molar-refractivity contribution in [3.05, 3.63) is 41.3 Å². The molecule has 1 N–H and O–H groups in total. The molecule has 0 saturated heterocycles. The van der Waals surface area contributed by atoms with Gasteiger partial charge in [-0.05, 0) is 46.2 Å². The highest BCUT2D eigenvalue weighted by Gasteiger charge is 2.16. The third kappa shape index (κ3) is 6.98. The van der Waals surface area contributed by atoms with Gasteiger partial charge in [0.25, 0.3) is 0 Å². The van der Waals surface area contributed by atoms with Crippen molar-refractivity contribution in [3.8, 4) is 11.5 Å². The van der Waals surface area contributed by atoms with Crippen molar-refractivity contribution in [3.63, 3.8) is 0 Å². The number of benzene rings is 1. The van der Waals surface area contributed by atoms with E-state index in [0.29, 0.717) is 30.5 Å². The zero-order valence-corrected chi connectivity index (χ0v) is 16.5. The van der Waals surface area contributed by atoms with Gasteiger partial charge in [0.15, 0.2) is 0 Å². The fourth-order valence-corrected chi connectivity index (χ4v) is 2.52. The summed E-state index contributed by atoms with van der Waals surface area (Å²) < 4.78 is 11.1. The maximum Gasteiger partial charge on any atom is 0.227 e. The lowest BCUT2D eigenvalue weighted by Gasteiger charge is -2.08. The number of carbonyl (C=O) groups is 2. The molecule has 0 radical (unpaired) electrons. The molecule has 1 aromatic carbocycles. The predicted molar refractivity (Wildman–Crippen MR) is 103 cm³/mol. The number of carbonyl (C=O) groups excluding carboxylic acids is 2. The average Bonchev–Trinajstić information content (AvgIpc) is 2.95.